The molecule has 0 aliphatic carbocycles. The number of methoxy groups -OCH3 is 1. The number of hydrogen-bond acceptors (Lipinski definition) is 5. The Hall–Kier alpha value is -2.93. The summed E-state index contributed by atoms with van der Waals surface area (Å²) >= 11 is 0. The Morgan fingerprint density at radius 2 is 1.89 bits per heavy atom. The molecule has 0 radical (unpaired) electrons. The van der Waals surface area contributed by atoms with Gasteiger partial charge in [-0.3, -0.25) is 9.63 Å². The summed E-state index contributed by atoms with van der Waals surface area (Å²) in [6, 6.07) is 11.1. The fourth-order valence-corrected chi connectivity index (χ4v) is 2.60. The summed E-state index contributed by atoms with van der Waals surface area (Å²) in [6.07, 6.45) is 0. The van der Waals surface area contributed by atoms with Crippen molar-refractivity contribution in [3.63, 3.8) is 0 Å². The van der Waals surface area contributed by atoms with Crippen molar-refractivity contribution in [2.75, 3.05) is 13.7 Å². The van der Waals surface area contributed by atoms with Crippen molar-refractivity contribution in [2.45, 2.75) is 33.1 Å². The Kier molecular flexibility index (Phi) is 5.14. The molecule has 0 aliphatic rings. The van der Waals surface area contributed by atoms with Crippen LogP contribution in [0.5, 0.6) is 5.75 Å². The first-order chi connectivity index (χ1) is 12.8. The molecule has 0 spiro atoms. The maximum atomic E-state index is 12.6. The predicted octanol–water partition coefficient (Wildman–Crippen LogP) is 3.38. The zero-order valence-corrected chi connectivity index (χ0v) is 16.2. The fraction of sp³-hybridized carbons (Fsp3) is 0.350. The second-order valence-electron chi connectivity index (χ2n) is 7.17. The number of aromatic nitrogens is 3. The van der Waals surface area contributed by atoms with Gasteiger partial charge in [-0.05, 0) is 37.3 Å². The van der Waals surface area contributed by atoms with Crippen molar-refractivity contribution in [1.82, 2.24) is 20.1 Å². The normalized spacial score (nSPS) is 11.6. The third-order valence-corrected chi connectivity index (χ3v) is 4.12. The molecule has 0 unspecified atom stereocenters. The fourth-order valence-electron chi connectivity index (χ4n) is 2.60. The van der Waals surface area contributed by atoms with E-state index in [1.165, 1.54) is 0 Å². The first-order valence-corrected chi connectivity index (χ1v) is 8.81. The van der Waals surface area contributed by atoms with Crippen LogP contribution in [0.4, 0.5) is 0 Å². The number of ether oxygens (including phenoxy) is 1. The molecule has 3 aromatic rings. The van der Waals surface area contributed by atoms with Gasteiger partial charge in [-0.25, -0.2) is 15.0 Å². The van der Waals surface area contributed by atoms with E-state index in [9.17, 15) is 4.79 Å². The minimum Gasteiger partial charge on any atom is -0.497 e. The van der Waals surface area contributed by atoms with Crippen LogP contribution in [0.3, 0.4) is 0 Å². The van der Waals surface area contributed by atoms with Gasteiger partial charge in [0.2, 0.25) is 0 Å². The van der Waals surface area contributed by atoms with Crippen molar-refractivity contribution < 1.29 is 14.4 Å². The zero-order chi connectivity index (χ0) is 19.6. The topological polar surface area (TPSA) is 77.8 Å². The molecule has 0 aliphatic heterocycles. The molecule has 0 saturated carbocycles. The van der Waals surface area contributed by atoms with E-state index in [0.717, 1.165) is 17.0 Å². The van der Waals surface area contributed by atoms with Crippen molar-refractivity contribution in [1.29, 1.82) is 0 Å². The Bertz CT molecular complexity index is 956. The maximum absolute atomic E-state index is 12.6. The number of carbonyl (C=O) groups excluding carboxylic acids is 1. The number of rotatable bonds is 5. The molecule has 7 heteroatoms. The van der Waals surface area contributed by atoms with Crippen LogP contribution in [0.1, 0.15) is 43.9 Å². The Balaban J connectivity index is 2.15. The summed E-state index contributed by atoms with van der Waals surface area (Å²) in [4.78, 5) is 22.4. The summed E-state index contributed by atoms with van der Waals surface area (Å²) in [5.74, 6) is 0.385. The van der Waals surface area contributed by atoms with Crippen LogP contribution in [0.25, 0.3) is 16.9 Å². The minimum atomic E-state index is -0.373. The van der Waals surface area contributed by atoms with Crippen LogP contribution < -0.4 is 10.2 Å². The van der Waals surface area contributed by atoms with Gasteiger partial charge in [0, 0.05) is 17.0 Å². The molecule has 27 heavy (non-hydrogen) atoms. The average Bonchev–Trinajstić information content (AvgIpc) is 3.10. The Labute approximate surface area is 158 Å². The number of hydrogen-bond donors (Lipinski definition) is 1. The van der Waals surface area contributed by atoms with E-state index in [4.69, 9.17) is 14.6 Å². The monoisotopic (exact) mass is 368 g/mol. The molecule has 142 valence electrons. The maximum Gasteiger partial charge on any atom is 0.293 e. The molecule has 0 saturated heterocycles. The van der Waals surface area contributed by atoms with Crippen LogP contribution in [-0.4, -0.2) is 34.2 Å². The molecule has 1 N–H and O–H groups in total. The standard InChI is InChI=1S/C20H24N4O3/c1-6-27-23-19(25)16-11-15(13-7-9-14(26-5)10-8-13)21-18-12-17(20(2,3)4)22-24(16)18/h7-12H,6H2,1-5H3,(H,23,25). The molecular weight excluding hydrogens is 344 g/mol. The number of fused-ring (bicyclic) bond motifs is 1. The number of carbonyl (C=O) groups is 1. The molecule has 1 amide bonds. The highest BCUT2D eigenvalue weighted by molar-refractivity contribution is 5.93. The Morgan fingerprint density at radius 1 is 1.19 bits per heavy atom. The van der Waals surface area contributed by atoms with E-state index in [2.05, 4.69) is 31.3 Å². The predicted molar refractivity (Wildman–Crippen MR) is 103 cm³/mol. The van der Waals surface area contributed by atoms with E-state index < -0.39 is 0 Å². The van der Waals surface area contributed by atoms with E-state index in [1.807, 2.05) is 30.3 Å². The lowest BCUT2D eigenvalue weighted by Crippen LogP contribution is -2.26. The largest absolute Gasteiger partial charge is 0.497 e. The lowest BCUT2D eigenvalue weighted by molar-refractivity contribution is 0.0357. The van der Waals surface area contributed by atoms with Gasteiger partial charge in [-0.1, -0.05) is 20.8 Å². The van der Waals surface area contributed by atoms with E-state index in [-0.39, 0.29) is 11.3 Å². The molecule has 0 atom stereocenters. The Morgan fingerprint density at radius 3 is 2.48 bits per heavy atom. The molecule has 2 heterocycles. The highest BCUT2D eigenvalue weighted by Crippen LogP contribution is 2.26. The quantitative estimate of drug-likeness (QED) is 0.699. The van der Waals surface area contributed by atoms with Crippen LogP contribution in [0.2, 0.25) is 0 Å². The van der Waals surface area contributed by atoms with E-state index in [1.54, 1.807) is 24.6 Å². The van der Waals surface area contributed by atoms with Crippen molar-refractivity contribution in [3.8, 4) is 17.0 Å². The minimum absolute atomic E-state index is 0.165. The first-order valence-electron chi connectivity index (χ1n) is 8.81. The number of hydroxylamine groups is 1. The van der Waals surface area contributed by atoms with Gasteiger partial charge in [-0.2, -0.15) is 5.10 Å². The number of benzene rings is 1. The molecule has 0 bridgehead atoms. The SMILES string of the molecule is CCONC(=O)c1cc(-c2ccc(OC)cc2)nc2cc(C(C)(C)C)nn12. The van der Waals surface area contributed by atoms with E-state index in [0.29, 0.717) is 23.6 Å². The average molecular weight is 368 g/mol. The van der Waals surface area contributed by atoms with Gasteiger partial charge in [0.25, 0.3) is 5.91 Å². The summed E-state index contributed by atoms with van der Waals surface area (Å²) in [6.45, 7) is 8.38. The molecule has 7 nitrogen and oxygen atoms in total. The van der Waals surface area contributed by atoms with Crippen LogP contribution in [-0.2, 0) is 10.3 Å². The third kappa shape index (κ3) is 3.93. The van der Waals surface area contributed by atoms with Crippen LogP contribution >= 0.6 is 0 Å². The van der Waals surface area contributed by atoms with Crippen molar-refractivity contribution in [3.05, 3.63) is 47.8 Å². The highest BCUT2D eigenvalue weighted by atomic mass is 16.6. The number of nitrogens with one attached hydrogen (secondary N) is 1. The van der Waals surface area contributed by atoms with Crippen molar-refractivity contribution >= 4 is 11.6 Å². The van der Waals surface area contributed by atoms with Gasteiger partial charge in [-0.15, -0.1) is 0 Å². The summed E-state index contributed by atoms with van der Waals surface area (Å²) < 4.78 is 6.76. The third-order valence-electron chi connectivity index (χ3n) is 4.12. The molecule has 3 rings (SSSR count). The lowest BCUT2D eigenvalue weighted by atomic mass is 9.93. The summed E-state index contributed by atoms with van der Waals surface area (Å²) in [7, 11) is 1.62. The van der Waals surface area contributed by atoms with Crippen molar-refractivity contribution in [2.24, 2.45) is 0 Å². The highest BCUT2D eigenvalue weighted by Gasteiger charge is 2.22. The van der Waals surface area contributed by atoms with Crippen LogP contribution in [0.15, 0.2) is 36.4 Å². The van der Waals surface area contributed by atoms with Crippen LogP contribution in [0, 0.1) is 0 Å². The van der Waals surface area contributed by atoms with Gasteiger partial charge < -0.3 is 4.74 Å². The van der Waals surface area contributed by atoms with Gasteiger partial charge >= 0.3 is 0 Å². The number of nitrogens with zero attached hydrogens (tertiary/aromatic N) is 3. The lowest BCUT2D eigenvalue weighted by Gasteiger charge is -2.13. The molecule has 1 aromatic carbocycles. The first kappa shape index (κ1) is 18.8. The molecular formula is C20H24N4O3. The number of amides is 1. The van der Waals surface area contributed by atoms with Gasteiger partial charge in [0.1, 0.15) is 11.4 Å². The van der Waals surface area contributed by atoms with E-state index >= 15 is 0 Å². The molecule has 2 aromatic heterocycles. The van der Waals surface area contributed by atoms with Gasteiger partial charge in [0.15, 0.2) is 5.65 Å². The summed E-state index contributed by atoms with van der Waals surface area (Å²) in [5, 5.41) is 4.59. The second kappa shape index (κ2) is 7.36. The summed E-state index contributed by atoms with van der Waals surface area (Å²) in [5.41, 5.74) is 5.64. The zero-order valence-electron chi connectivity index (χ0n) is 16.2. The molecule has 0 fully saturated rings. The second-order valence-corrected chi connectivity index (χ2v) is 7.17. The smallest absolute Gasteiger partial charge is 0.293 e. The van der Waals surface area contributed by atoms with Gasteiger partial charge in [0.05, 0.1) is 25.1 Å².